The van der Waals surface area contributed by atoms with E-state index in [1.54, 1.807) is 0 Å². The van der Waals surface area contributed by atoms with E-state index in [-0.39, 0.29) is 10.8 Å². The van der Waals surface area contributed by atoms with E-state index in [2.05, 4.69) is 195 Å². The maximum Gasteiger partial charge on any atom is 0.238 e. The standard InChI is InChI=1S/C72H50N8/c1-71(2)57-31-19-17-29-49(57)51-39-55-53-37-47(33-35-61(53)79(63(55)41-59(51)71)69-75-65(43-21-9-5-10-22-43)73-66(76-69)44-23-11-6-12-24-44)48-34-36-62-54(38-48)56-40-52-50-30-18-20-32-58(50)72(3,4)60(52)42-64(56)80(62)70-77-67(45-25-13-7-14-26-45)74-68(78-70)46-27-15-8-16-28-46/h5-42H,1-4H3. The van der Waals surface area contributed by atoms with E-state index >= 15 is 0 Å². The first-order chi connectivity index (χ1) is 39.2. The molecule has 8 nitrogen and oxygen atoms in total. The van der Waals surface area contributed by atoms with Crippen LogP contribution in [0.3, 0.4) is 0 Å². The number of fused-ring (bicyclic) bond motifs is 12. The molecule has 16 rings (SSSR count). The lowest BCUT2D eigenvalue weighted by molar-refractivity contribution is 0.660. The lowest BCUT2D eigenvalue weighted by Crippen LogP contribution is -2.15. The van der Waals surface area contributed by atoms with E-state index in [4.69, 9.17) is 29.9 Å². The zero-order chi connectivity index (χ0) is 53.4. The van der Waals surface area contributed by atoms with Gasteiger partial charge in [-0.05, 0) is 104 Å². The summed E-state index contributed by atoms with van der Waals surface area (Å²) in [6.45, 7) is 9.35. The smallest absolute Gasteiger partial charge is 0.238 e. The second kappa shape index (κ2) is 17.2. The molecule has 0 bridgehead atoms. The molecule has 0 saturated carbocycles. The summed E-state index contributed by atoms with van der Waals surface area (Å²) < 4.78 is 4.51. The van der Waals surface area contributed by atoms with Crippen LogP contribution < -0.4 is 0 Å². The number of nitrogens with zero attached hydrogens (tertiary/aromatic N) is 8. The van der Waals surface area contributed by atoms with Gasteiger partial charge in [-0.2, -0.15) is 19.9 Å². The number of aromatic nitrogens is 8. The maximum absolute atomic E-state index is 5.33. The molecule has 14 aromatic rings. The summed E-state index contributed by atoms with van der Waals surface area (Å²) in [6, 6.07) is 81.9. The molecular formula is C72H50N8. The first-order valence-electron chi connectivity index (χ1n) is 27.4. The molecule has 0 amide bonds. The van der Waals surface area contributed by atoms with Gasteiger partial charge in [-0.1, -0.05) is 210 Å². The van der Waals surface area contributed by atoms with Crippen molar-refractivity contribution in [2.45, 2.75) is 38.5 Å². The molecule has 10 aromatic carbocycles. The average molecular weight is 1030 g/mol. The molecular weight excluding hydrogens is 977 g/mol. The molecule has 80 heavy (non-hydrogen) atoms. The second-order valence-corrected chi connectivity index (χ2v) is 22.3. The average Bonchev–Trinajstić information content (AvgIpc) is 4.34. The molecule has 0 spiro atoms. The fourth-order valence-electron chi connectivity index (χ4n) is 13.0. The van der Waals surface area contributed by atoms with E-state index in [1.807, 2.05) is 72.8 Å². The van der Waals surface area contributed by atoms with E-state index in [0.29, 0.717) is 35.2 Å². The first-order valence-corrected chi connectivity index (χ1v) is 27.4. The van der Waals surface area contributed by atoms with Crippen LogP contribution in [0.4, 0.5) is 0 Å². The molecule has 0 N–H and O–H groups in total. The molecule has 0 atom stereocenters. The minimum atomic E-state index is -0.226. The van der Waals surface area contributed by atoms with Crippen LogP contribution in [0.1, 0.15) is 49.9 Å². The Balaban J connectivity index is 0.947. The van der Waals surface area contributed by atoms with Gasteiger partial charge in [-0.3, -0.25) is 9.13 Å². The number of hydrogen-bond donors (Lipinski definition) is 0. The number of benzene rings is 10. The quantitative estimate of drug-likeness (QED) is 0.158. The molecule has 0 fully saturated rings. The van der Waals surface area contributed by atoms with Crippen molar-refractivity contribution >= 4 is 43.6 Å². The highest BCUT2D eigenvalue weighted by Crippen LogP contribution is 2.53. The molecule has 8 heteroatoms. The van der Waals surface area contributed by atoms with Gasteiger partial charge in [-0.25, -0.2) is 9.97 Å². The summed E-state index contributed by atoms with van der Waals surface area (Å²) in [5, 5.41) is 4.47. The van der Waals surface area contributed by atoms with Crippen molar-refractivity contribution in [2.24, 2.45) is 0 Å². The molecule has 4 heterocycles. The van der Waals surface area contributed by atoms with Crippen molar-refractivity contribution in [3.63, 3.8) is 0 Å². The number of rotatable bonds is 7. The topological polar surface area (TPSA) is 87.2 Å². The molecule has 2 aliphatic rings. The summed E-state index contributed by atoms with van der Waals surface area (Å²) in [5.74, 6) is 3.59. The van der Waals surface area contributed by atoms with E-state index in [1.165, 1.54) is 44.5 Å². The van der Waals surface area contributed by atoms with Crippen molar-refractivity contribution in [1.82, 2.24) is 39.0 Å². The molecule has 2 aliphatic carbocycles. The fourth-order valence-corrected chi connectivity index (χ4v) is 13.0. The predicted molar refractivity (Wildman–Crippen MR) is 324 cm³/mol. The second-order valence-electron chi connectivity index (χ2n) is 22.3. The molecule has 378 valence electrons. The summed E-state index contributed by atoms with van der Waals surface area (Å²) in [6.07, 6.45) is 0. The fraction of sp³-hybridized carbons (Fsp3) is 0.0833. The highest BCUT2D eigenvalue weighted by Gasteiger charge is 2.38. The Hall–Kier alpha value is -10.2. The molecule has 4 aromatic heterocycles. The van der Waals surface area contributed by atoms with Crippen molar-refractivity contribution in [3.05, 3.63) is 253 Å². The summed E-state index contributed by atoms with van der Waals surface area (Å²) in [5.41, 5.74) is 19.8. The first kappa shape index (κ1) is 46.0. The molecule has 0 radical (unpaired) electrons. The summed E-state index contributed by atoms with van der Waals surface area (Å²) in [7, 11) is 0. The Morgan fingerprint density at radius 3 is 0.912 bits per heavy atom. The third kappa shape index (κ3) is 6.88. The highest BCUT2D eigenvalue weighted by molar-refractivity contribution is 6.15. The SMILES string of the molecule is CC1(C)c2ccccc2-c2cc3c4cc(-c5ccc6c(c5)c5cc7c(cc5n6-c5nc(-c6ccccc6)nc(-c6ccccc6)n5)C(C)(C)c5ccccc5-7)ccc4n(-c4nc(-c5ccccc5)nc(-c5ccccc5)n4)c3cc21. The van der Waals surface area contributed by atoms with Gasteiger partial charge in [0.1, 0.15) is 0 Å². The van der Waals surface area contributed by atoms with E-state index in [9.17, 15) is 0 Å². The zero-order valence-corrected chi connectivity index (χ0v) is 44.5. The monoisotopic (exact) mass is 1030 g/mol. The van der Waals surface area contributed by atoms with Crippen LogP contribution in [-0.4, -0.2) is 39.0 Å². The molecule has 0 saturated heterocycles. The zero-order valence-electron chi connectivity index (χ0n) is 44.5. The van der Waals surface area contributed by atoms with Crippen LogP contribution in [-0.2, 0) is 10.8 Å². The lowest BCUT2D eigenvalue weighted by atomic mass is 9.82. The third-order valence-electron chi connectivity index (χ3n) is 17.0. The van der Waals surface area contributed by atoms with Gasteiger partial charge in [0.2, 0.25) is 11.9 Å². The van der Waals surface area contributed by atoms with Crippen molar-refractivity contribution in [3.8, 4) is 90.8 Å². The van der Waals surface area contributed by atoms with Gasteiger partial charge in [0, 0.05) is 54.6 Å². The largest absolute Gasteiger partial charge is 0.278 e. The highest BCUT2D eigenvalue weighted by atomic mass is 15.2. The summed E-state index contributed by atoms with van der Waals surface area (Å²) >= 11 is 0. The number of hydrogen-bond acceptors (Lipinski definition) is 6. The van der Waals surface area contributed by atoms with Crippen LogP contribution in [0.25, 0.3) is 134 Å². The Labute approximate surface area is 462 Å². The Morgan fingerprint density at radius 1 is 0.250 bits per heavy atom. The van der Waals surface area contributed by atoms with Gasteiger partial charge in [0.25, 0.3) is 0 Å². The minimum absolute atomic E-state index is 0.226. The Morgan fingerprint density at radius 2 is 0.562 bits per heavy atom. The van der Waals surface area contributed by atoms with E-state index < -0.39 is 0 Å². The van der Waals surface area contributed by atoms with Crippen LogP contribution in [0, 0.1) is 0 Å². The van der Waals surface area contributed by atoms with Gasteiger partial charge in [-0.15, -0.1) is 0 Å². The third-order valence-corrected chi connectivity index (χ3v) is 17.0. The molecule has 0 aliphatic heterocycles. The van der Waals surface area contributed by atoms with Crippen molar-refractivity contribution in [1.29, 1.82) is 0 Å². The Bertz CT molecular complexity index is 4440. The predicted octanol–water partition coefficient (Wildman–Crippen LogP) is 17.2. The summed E-state index contributed by atoms with van der Waals surface area (Å²) in [4.78, 5) is 31.5. The minimum Gasteiger partial charge on any atom is -0.278 e. The van der Waals surface area contributed by atoms with Crippen molar-refractivity contribution in [2.75, 3.05) is 0 Å². The maximum atomic E-state index is 5.33. The van der Waals surface area contributed by atoms with Gasteiger partial charge >= 0.3 is 0 Å². The normalized spacial score (nSPS) is 13.7. The van der Waals surface area contributed by atoms with Gasteiger partial charge in [0.05, 0.1) is 22.1 Å². The van der Waals surface area contributed by atoms with Crippen LogP contribution in [0.15, 0.2) is 231 Å². The van der Waals surface area contributed by atoms with Gasteiger partial charge in [0.15, 0.2) is 23.3 Å². The Kier molecular flexibility index (Phi) is 9.86. The molecule has 0 unspecified atom stereocenters. The van der Waals surface area contributed by atoms with Crippen LogP contribution in [0.2, 0.25) is 0 Å². The van der Waals surface area contributed by atoms with Gasteiger partial charge < -0.3 is 0 Å². The van der Waals surface area contributed by atoms with Crippen molar-refractivity contribution < 1.29 is 0 Å². The van der Waals surface area contributed by atoms with Crippen LogP contribution >= 0.6 is 0 Å². The lowest BCUT2D eigenvalue weighted by Gasteiger charge is -2.21. The van der Waals surface area contributed by atoms with Crippen LogP contribution in [0.5, 0.6) is 0 Å². The van der Waals surface area contributed by atoms with E-state index in [0.717, 1.165) is 77.0 Å².